The van der Waals surface area contributed by atoms with Crippen LogP contribution in [0.15, 0.2) is 64.5 Å². The highest BCUT2D eigenvalue weighted by Gasteiger charge is 2.14. The molecular formula is C24H28N2O3S. The second-order valence-corrected chi connectivity index (χ2v) is 9.37. The predicted octanol–water partition coefficient (Wildman–Crippen LogP) is 5.27. The van der Waals surface area contributed by atoms with Crippen LogP contribution in [0.1, 0.15) is 31.9 Å². The lowest BCUT2D eigenvalue weighted by molar-refractivity contribution is 0.191. The van der Waals surface area contributed by atoms with Crippen LogP contribution in [0, 0.1) is 12.3 Å². The van der Waals surface area contributed by atoms with Crippen molar-refractivity contribution in [1.82, 2.24) is 9.55 Å². The number of ether oxygens (including phenoxy) is 2. The van der Waals surface area contributed by atoms with Gasteiger partial charge in [-0.15, -0.1) is 11.8 Å². The molecule has 0 N–H and O–H groups in total. The molecule has 30 heavy (non-hydrogen) atoms. The zero-order valence-electron chi connectivity index (χ0n) is 18.1. The van der Waals surface area contributed by atoms with Gasteiger partial charge in [-0.3, -0.25) is 4.57 Å². The van der Waals surface area contributed by atoms with Gasteiger partial charge in [0.2, 0.25) is 0 Å². The molecule has 0 aliphatic rings. The molecule has 0 spiro atoms. The van der Waals surface area contributed by atoms with Crippen LogP contribution in [-0.4, -0.2) is 23.3 Å². The lowest BCUT2D eigenvalue weighted by Gasteiger charge is -2.20. The van der Waals surface area contributed by atoms with Gasteiger partial charge in [-0.2, -0.15) is 4.98 Å². The predicted molar refractivity (Wildman–Crippen MR) is 122 cm³/mol. The van der Waals surface area contributed by atoms with Crippen LogP contribution in [0.2, 0.25) is 0 Å². The molecule has 0 atom stereocenters. The lowest BCUT2D eigenvalue weighted by atomic mass is 9.99. The largest absolute Gasteiger partial charge is 0.493 e. The van der Waals surface area contributed by atoms with E-state index < -0.39 is 0 Å². The number of hydrogen-bond donors (Lipinski definition) is 0. The summed E-state index contributed by atoms with van der Waals surface area (Å²) in [7, 11) is 1.59. The second kappa shape index (κ2) is 9.39. The van der Waals surface area contributed by atoms with Crippen LogP contribution in [-0.2, 0) is 5.75 Å². The molecule has 0 radical (unpaired) electrons. The third-order valence-electron chi connectivity index (χ3n) is 4.37. The Morgan fingerprint density at radius 1 is 1.03 bits per heavy atom. The minimum Gasteiger partial charge on any atom is -0.493 e. The number of methoxy groups -OCH3 is 1. The summed E-state index contributed by atoms with van der Waals surface area (Å²) in [5.74, 6) is 2.01. The van der Waals surface area contributed by atoms with Gasteiger partial charge < -0.3 is 9.47 Å². The third-order valence-corrected chi connectivity index (χ3v) is 5.37. The van der Waals surface area contributed by atoms with Crippen LogP contribution in [0.3, 0.4) is 0 Å². The molecule has 3 rings (SSSR count). The number of hydrogen-bond acceptors (Lipinski definition) is 5. The van der Waals surface area contributed by atoms with E-state index in [-0.39, 0.29) is 11.1 Å². The van der Waals surface area contributed by atoms with Gasteiger partial charge in [0.05, 0.1) is 19.4 Å². The summed E-state index contributed by atoms with van der Waals surface area (Å²) in [6.45, 7) is 8.96. The number of benzene rings is 2. The van der Waals surface area contributed by atoms with Crippen molar-refractivity contribution in [2.24, 2.45) is 5.41 Å². The number of nitrogens with zero attached hydrogens (tertiary/aromatic N) is 2. The van der Waals surface area contributed by atoms with Gasteiger partial charge in [-0.1, -0.05) is 50.6 Å². The highest BCUT2D eigenvalue weighted by Crippen LogP contribution is 2.31. The smallest absolute Gasteiger partial charge is 0.353 e. The molecule has 0 aliphatic carbocycles. The van der Waals surface area contributed by atoms with Crippen molar-refractivity contribution in [3.63, 3.8) is 0 Å². The minimum atomic E-state index is -0.325. The molecule has 158 valence electrons. The average molecular weight is 425 g/mol. The van der Waals surface area contributed by atoms with E-state index in [0.717, 1.165) is 5.75 Å². The molecule has 2 aromatic carbocycles. The maximum atomic E-state index is 12.6. The van der Waals surface area contributed by atoms with Crippen molar-refractivity contribution in [2.45, 2.75) is 38.5 Å². The highest BCUT2D eigenvalue weighted by atomic mass is 32.2. The molecule has 1 heterocycles. The molecule has 0 amide bonds. The fourth-order valence-corrected chi connectivity index (χ4v) is 3.53. The van der Waals surface area contributed by atoms with Gasteiger partial charge in [0.1, 0.15) is 5.03 Å². The Morgan fingerprint density at radius 3 is 2.40 bits per heavy atom. The second-order valence-electron chi connectivity index (χ2n) is 8.38. The highest BCUT2D eigenvalue weighted by molar-refractivity contribution is 7.98. The van der Waals surface area contributed by atoms with E-state index in [1.165, 1.54) is 15.7 Å². The summed E-state index contributed by atoms with van der Waals surface area (Å²) >= 11 is 1.55. The van der Waals surface area contributed by atoms with Crippen LogP contribution >= 0.6 is 11.8 Å². The normalized spacial score (nSPS) is 11.4. The monoisotopic (exact) mass is 424 g/mol. The first-order chi connectivity index (χ1) is 14.2. The fourth-order valence-electron chi connectivity index (χ4n) is 2.73. The van der Waals surface area contributed by atoms with Crippen molar-refractivity contribution < 1.29 is 9.47 Å². The van der Waals surface area contributed by atoms with Crippen LogP contribution in [0.5, 0.6) is 11.5 Å². The van der Waals surface area contributed by atoms with Gasteiger partial charge in [0, 0.05) is 18.0 Å². The zero-order valence-corrected chi connectivity index (χ0v) is 19.0. The molecule has 1 aromatic heterocycles. The van der Waals surface area contributed by atoms with E-state index in [9.17, 15) is 4.79 Å². The summed E-state index contributed by atoms with van der Waals surface area (Å²) in [6, 6.07) is 15.7. The Balaban J connectivity index is 1.75. The molecule has 3 aromatic rings. The number of aromatic nitrogens is 2. The summed E-state index contributed by atoms with van der Waals surface area (Å²) in [4.78, 5) is 16.8. The van der Waals surface area contributed by atoms with Crippen LogP contribution in [0.25, 0.3) is 5.69 Å². The quantitative estimate of drug-likeness (QED) is 0.382. The average Bonchev–Trinajstić information content (AvgIpc) is 2.71. The topological polar surface area (TPSA) is 53.4 Å². The van der Waals surface area contributed by atoms with Crippen LogP contribution < -0.4 is 15.2 Å². The van der Waals surface area contributed by atoms with E-state index in [1.807, 2.05) is 18.2 Å². The Labute approximate surface area is 182 Å². The van der Waals surface area contributed by atoms with Gasteiger partial charge in [-0.05, 0) is 36.1 Å². The molecule has 0 fully saturated rings. The molecule has 0 saturated carbocycles. The summed E-state index contributed by atoms with van der Waals surface area (Å²) in [6.07, 6.45) is 1.75. The minimum absolute atomic E-state index is 0.0383. The maximum Gasteiger partial charge on any atom is 0.353 e. The van der Waals surface area contributed by atoms with E-state index in [0.29, 0.717) is 28.8 Å². The lowest BCUT2D eigenvalue weighted by Crippen LogP contribution is -2.21. The molecule has 6 heteroatoms. The first-order valence-corrected chi connectivity index (χ1v) is 10.8. The summed E-state index contributed by atoms with van der Waals surface area (Å²) < 4.78 is 12.9. The van der Waals surface area contributed by atoms with Crippen molar-refractivity contribution in [2.75, 3.05) is 13.7 Å². The number of rotatable bonds is 7. The molecule has 0 bridgehead atoms. The first kappa shape index (κ1) is 22.0. The summed E-state index contributed by atoms with van der Waals surface area (Å²) in [5.41, 5.74) is 2.83. The van der Waals surface area contributed by atoms with Crippen molar-refractivity contribution in [1.29, 1.82) is 0 Å². The number of thioether (sulfide) groups is 1. The van der Waals surface area contributed by atoms with Gasteiger partial charge in [-0.25, -0.2) is 4.79 Å². The van der Waals surface area contributed by atoms with Crippen molar-refractivity contribution in [3.05, 3.63) is 76.3 Å². The zero-order chi connectivity index (χ0) is 21.7. The number of aryl methyl sites for hydroxylation is 1. The SMILES string of the molecule is COc1cc(-n2ccc(SCc3ccc(C)cc3)nc2=O)ccc1OCC(C)(C)C. The molecular weight excluding hydrogens is 396 g/mol. The van der Waals surface area contributed by atoms with Gasteiger partial charge in [0.25, 0.3) is 0 Å². The first-order valence-electron chi connectivity index (χ1n) is 9.84. The molecule has 0 saturated heterocycles. The van der Waals surface area contributed by atoms with E-state index >= 15 is 0 Å². The Bertz CT molecular complexity index is 1050. The fraction of sp³-hybridized carbons (Fsp3) is 0.333. The summed E-state index contributed by atoms with van der Waals surface area (Å²) in [5, 5.41) is 0.703. The van der Waals surface area contributed by atoms with Crippen molar-refractivity contribution in [3.8, 4) is 17.2 Å². The third kappa shape index (κ3) is 5.89. The van der Waals surface area contributed by atoms with Gasteiger partial charge >= 0.3 is 5.69 Å². The van der Waals surface area contributed by atoms with E-state index in [1.54, 1.807) is 31.1 Å². The van der Waals surface area contributed by atoms with Crippen molar-refractivity contribution >= 4 is 11.8 Å². The molecule has 0 unspecified atom stereocenters. The van der Waals surface area contributed by atoms with E-state index in [2.05, 4.69) is 56.9 Å². The standard InChI is InChI=1S/C24H28N2O3S/c1-17-6-8-18(9-7-17)15-30-22-12-13-26(23(27)25-22)19-10-11-20(21(14-19)28-5)29-16-24(2,3)4/h6-14H,15-16H2,1-5H3. The van der Waals surface area contributed by atoms with Crippen LogP contribution in [0.4, 0.5) is 0 Å². The Morgan fingerprint density at radius 2 is 1.77 bits per heavy atom. The molecule has 0 aliphatic heterocycles. The van der Waals surface area contributed by atoms with Gasteiger partial charge in [0.15, 0.2) is 11.5 Å². The van der Waals surface area contributed by atoms with E-state index in [4.69, 9.17) is 9.47 Å². The molecule has 5 nitrogen and oxygen atoms in total. The maximum absolute atomic E-state index is 12.6. The Hall–Kier alpha value is -2.73. The Kier molecular flexibility index (Phi) is 6.87.